The van der Waals surface area contributed by atoms with Gasteiger partial charge in [-0.05, 0) is 91.2 Å². The number of aryl methyl sites for hydroxylation is 1. The molecule has 0 bridgehead atoms. The van der Waals surface area contributed by atoms with E-state index < -0.39 is 11.1 Å². The fraction of sp³-hybridized carbons (Fsp3) is 0.207. The van der Waals surface area contributed by atoms with Crippen molar-refractivity contribution in [3.8, 4) is 11.5 Å². The van der Waals surface area contributed by atoms with Crippen molar-refractivity contribution in [3.63, 3.8) is 0 Å². The molecular formula is C29H26Cl2N2O5S. The molecule has 10 heteroatoms. The Morgan fingerprint density at radius 2 is 1.82 bits per heavy atom. The molecule has 7 nitrogen and oxygen atoms in total. The molecule has 1 fully saturated rings. The molecule has 1 aliphatic heterocycles. The maximum atomic E-state index is 13.0. The molecule has 1 aliphatic rings. The summed E-state index contributed by atoms with van der Waals surface area (Å²) in [6.07, 6.45) is 1.62. The van der Waals surface area contributed by atoms with E-state index in [-0.39, 0.29) is 24.0 Å². The predicted molar refractivity (Wildman–Crippen MR) is 156 cm³/mol. The summed E-state index contributed by atoms with van der Waals surface area (Å²) in [6, 6.07) is 15.7. The lowest BCUT2D eigenvalue weighted by molar-refractivity contribution is -0.123. The number of benzene rings is 3. The number of hydrogen-bond acceptors (Lipinski definition) is 6. The van der Waals surface area contributed by atoms with E-state index in [1.807, 2.05) is 39.0 Å². The van der Waals surface area contributed by atoms with Crippen molar-refractivity contribution in [1.29, 1.82) is 0 Å². The first kappa shape index (κ1) is 28.5. The van der Waals surface area contributed by atoms with Crippen molar-refractivity contribution in [2.45, 2.75) is 27.3 Å². The molecule has 3 amide bonds. The van der Waals surface area contributed by atoms with E-state index in [4.69, 9.17) is 32.7 Å². The van der Waals surface area contributed by atoms with Crippen LogP contribution in [0.1, 0.15) is 29.2 Å². The first-order valence-corrected chi connectivity index (χ1v) is 13.7. The summed E-state index contributed by atoms with van der Waals surface area (Å²) in [6.45, 7) is 5.95. The minimum atomic E-state index is -0.419. The first-order valence-electron chi connectivity index (χ1n) is 12.1. The van der Waals surface area contributed by atoms with Crippen LogP contribution in [0.2, 0.25) is 10.0 Å². The largest absolute Gasteiger partial charge is 0.490 e. The van der Waals surface area contributed by atoms with Gasteiger partial charge in [0, 0.05) is 15.7 Å². The summed E-state index contributed by atoms with van der Waals surface area (Å²) in [5.74, 6) is 0.0793. The normalized spacial score (nSPS) is 14.2. The van der Waals surface area contributed by atoms with Crippen LogP contribution in [-0.4, -0.2) is 35.2 Å². The van der Waals surface area contributed by atoms with Gasteiger partial charge >= 0.3 is 0 Å². The van der Waals surface area contributed by atoms with Crippen LogP contribution in [0.15, 0.2) is 59.5 Å². The Morgan fingerprint density at radius 3 is 2.56 bits per heavy atom. The Balaban J connectivity index is 1.46. The summed E-state index contributed by atoms with van der Waals surface area (Å²) >= 11 is 13.0. The first-order chi connectivity index (χ1) is 18.7. The maximum absolute atomic E-state index is 13.0. The number of nitrogens with one attached hydrogen (secondary N) is 1. The van der Waals surface area contributed by atoms with Crippen LogP contribution < -0.4 is 14.8 Å². The van der Waals surface area contributed by atoms with Gasteiger partial charge < -0.3 is 14.8 Å². The van der Waals surface area contributed by atoms with Crippen molar-refractivity contribution in [1.82, 2.24) is 4.90 Å². The minimum absolute atomic E-state index is 0.0408. The molecule has 39 heavy (non-hydrogen) atoms. The van der Waals surface area contributed by atoms with Gasteiger partial charge in [-0.1, -0.05) is 47.5 Å². The number of carbonyl (C=O) groups excluding carboxylic acids is 3. The number of imide groups is 1. The molecular weight excluding hydrogens is 559 g/mol. The van der Waals surface area contributed by atoms with E-state index >= 15 is 0 Å². The number of rotatable bonds is 9. The quantitative estimate of drug-likeness (QED) is 0.266. The van der Waals surface area contributed by atoms with Gasteiger partial charge in [-0.25, -0.2) is 0 Å². The lowest BCUT2D eigenvalue weighted by Gasteiger charge is -2.14. The van der Waals surface area contributed by atoms with Gasteiger partial charge in [0.2, 0.25) is 0 Å². The summed E-state index contributed by atoms with van der Waals surface area (Å²) in [5.41, 5.74) is 4.06. The summed E-state index contributed by atoms with van der Waals surface area (Å²) in [7, 11) is 0. The molecule has 1 heterocycles. The molecule has 0 spiro atoms. The average Bonchev–Trinajstić information content (AvgIpc) is 3.15. The fourth-order valence-corrected chi connectivity index (χ4v) is 5.13. The SMILES string of the molecule is CCOc1cc(/C=C2\SC(=O)N(Cc3ccc(Cl)cc3Cl)C2=O)ccc1OCC(=O)Nc1cccc(C)c1C. The Morgan fingerprint density at radius 1 is 1.03 bits per heavy atom. The molecule has 202 valence electrons. The maximum Gasteiger partial charge on any atom is 0.293 e. The van der Waals surface area contributed by atoms with Crippen LogP contribution in [0.4, 0.5) is 10.5 Å². The second-order valence-corrected chi connectivity index (χ2v) is 10.6. The minimum Gasteiger partial charge on any atom is -0.490 e. The second-order valence-electron chi connectivity index (χ2n) is 8.73. The molecule has 0 unspecified atom stereocenters. The Hall–Kier alpha value is -3.46. The molecule has 0 aliphatic carbocycles. The third kappa shape index (κ3) is 6.95. The Bertz CT molecular complexity index is 1470. The highest BCUT2D eigenvalue weighted by molar-refractivity contribution is 8.18. The number of hydrogen-bond donors (Lipinski definition) is 1. The van der Waals surface area contributed by atoms with Crippen LogP contribution in [-0.2, 0) is 16.1 Å². The summed E-state index contributed by atoms with van der Waals surface area (Å²) in [5, 5.41) is 3.32. The van der Waals surface area contributed by atoms with Crippen LogP contribution in [0, 0.1) is 13.8 Å². The van der Waals surface area contributed by atoms with E-state index in [0.29, 0.717) is 39.3 Å². The van der Waals surface area contributed by atoms with Crippen LogP contribution in [0.3, 0.4) is 0 Å². The number of anilines is 1. The van der Waals surface area contributed by atoms with Gasteiger partial charge in [0.05, 0.1) is 18.1 Å². The van der Waals surface area contributed by atoms with Crippen molar-refractivity contribution in [2.24, 2.45) is 0 Å². The van der Waals surface area contributed by atoms with Gasteiger partial charge in [-0.3, -0.25) is 19.3 Å². The number of thioether (sulfide) groups is 1. The standard InChI is InChI=1S/C29H26Cl2N2O5S/c1-4-37-25-12-19(8-11-24(25)38-16-27(34)32-23-7-5-6-17(2)18(23)3)13-26-28(35)33(29(36)39-26)15-20-9-10-21(30)14-22(20)31/h5-14H,4,15-16H2,1-3H3,(H,32,34)/b26-13-. The number of nitrogens with zero attached hydrogens (tertiary/aromatic N) is 1. The van der Waals surface area contributed by atoms with Crippen molar-refractivity contribution in [2.75, 3.05) is 18.5 Å². The van der Waals surface area contributed by atoms with Gasteiger partial charge in [-0.2, -0.15) is 0 Å². The van der Waals surface area contributed by atoms with E-state index in [9.17, 15) is 14.4 Å². The zero-order valence-electron chi connectivity index (χ0n) is 21.5. The summed E-state index contributed by atoms with van der Waals surface area (Å²) < 4.78 is 11.5. The molecule has 1 N–H and O–H groups in total. The molecule has 4 rings (SSSR count). The number of carbonyl (C=O) groups is 3. The third-order valence-electron chi connectivity index (χ3n) is 6.02. The fourth-order valence-electron chi connectivity index (χ4n) is 3.83. The summed E-state index contributed by atoms with van der Waals surface area (Å²) in [4.78, 5) is 39.5. The highest BCUT2D eigenvalue weighted by Gasteiger charge is 2.35. The van der Waals surface area contributed by atoms with Gasteiger partial charge in [0.15, 0.2) is 18.1 Å². The lowest BCUT2D eigenvalue weighted by atomic mass is 10.1. The molecule has 3 aromatic rings. The van der Waals surface area contributed by atoms with Crippen LogP contribution in [0.5, 0.6) is 11.5 Å². The second kappa shape index (κ2) is 12.6. The van der Waals surface area contributed by atoms with Gasteiger partial charge in [-0.15, -0.1) is 0 Å². The topological polar surface area (TPSA) is 84.9 Å². The monoisotopic (exact) mass is 584 g/mol. The molecule has 0 saturated carbocycles. The third-order valence-corrected chi connectivity index (χ3v) is 7.51. The molecule has 1 saturated heterocycles. The Kier molecular flexibility index (Phi) is 9.22. The number of halogens is 2. The van der Waals surface area contributed by atoms with E-state index in [0.717, 1.165) is 33.5 Å². The van der Waals surface area contributed by atoms with E-state index in [2.05, 4.69) is 5.32 Å². The highest BCUT2D eigenvalue weighted by Crippen LogP contribution is 2.36. The lowest BCUT2D eigenvalue weighted by Crippen LogP contribution is -2.27. The number of ether oxygens (including phenoxy) is 2. The zero-order valence-corrected chi connectivity index (χ0v) is 23.9. The number of amides is 3. The van der Waals surface area contributed by atoms with Gasteiger partial charge in [0.25, 0.3) is 17.1 Å². The van der Waals surface area contributed by atoms with Gasteiger partial charge in [0.1, 0.15) is 0 Å². The molecule has 3 aromatic carbocycles. The van der Waals surface area contributed by atoms with Crippen molar-refractivity contribution in [3.05, 3.63) is 91.8 Å². The zero-order chi connectivity index (χ0) is 28.1. The van der Waals surface area contributed by atoms with Crippen molar-refractivity contribution < 1.29 is 23.9 Å². The van der Waals surface area contributed by atoms with E-state index in [1.165, 1.54) is 0 Å². The van der Waals surface area contributed by atoms with Crippen molar-refractivity contribution >= 4 is 63.8 Å². The Labute approximate surface area is 241 Å². The predicted octanol–water partition coefficient (Wildman–Crippen LogP) is 7.26. The average molecular weight is 586 g/mol. The van der Waals surface area contributed by atoms with Crippen LogP contribution >= 0.6 is 35.0 Å². The smallest absolute Gasteiger partial charge is 0.293 e. The van der Waals surface area contributed by atoms with E-state index in [1.54, 1.807) is 42.5 Å². The van der Waals surface area contributed by atoms with Crippen LogP contribution in [0.25, 0.3) is 6.08 Å². The molecule has 0 radical (unpaired) electrons. The highest BCUT2D eigenvalue weighted by atomic mass is 35.5. The molecule has 0 atom stereocenters. The molecule has 0 aromatic heterocycles.